The normalized spacial score (nSPS) is 12.1. The molecule has 0 amide bonds. The number of hydrogen-bond acceptors (Lipinski definition) is 3. The van der Waals surface area contributed by atoms with E-state index in [1.807, 2.05) is 0 Å². The largest absolute Gasteiger partial charge is 0.481 e. The van der Waals surface area contributed by atoms with Gasteiger partial charge in [0.2, 0.25) is 0 Å². The maximum atomic E-state index is 12.4. The average Bonchev–Trinajstić information content (AvgIpc) is 2.07. The van der Waals surface area contributed by atoms with E-state index in [4.69, 9.17) is 10.2 Å². The molecule has 0 radical (unpaired) electrons. The molecule has 0 aromatic heterocycles. The third-order valence-corrected chi connectivity index (χ3v) is 1.55. The summed E-state index contributed by atoms with van der Waals surface area (Å²) in [6, 6.07) is 5.27. The lowest BCUT2D eigenvalue weighted by Crippen LogP contribution is -2.22. The van der Waals surface area contributed by atoms with Crippen LogP contribution in [-0.4, -0.2) is 22.4 Å². The smallest absolute Gasteiger partial charge is 0.307 e. The number of nitrogens with one attached hydrogen (secondary N) is 1. The molecule has 1 atom stereocenters. The Kier molecular flexibility index (Phi) is 3.41. The number of anilines is 1. The highest BCUT2D eigenvalue weighted by Gasteiger charge is 2.08. The van der Waals surface area contributed by atoms with Crippen LogP contribution < -0.4 is 5.32 Å². The van der Waals surface area contributed by atoms with Gasteiger partial charge < -0.3 is 15.5 Å². The molecule has 1 aromatic rings. The molecule has 0 saturated heterocycles. The maximum absolute atomic E-state index is 12.4. The summed E-state index contributed by atoms with van der Waals surface area (Å²) in [4.78, 5) is 10.2. The zero-order valence-electron chi connectivity index (χ0n) is 7.27. The zero-order chi connectivity index (χ0) is 10.6. The molecule has 5 heteroatoms. The number of carboxylic acid groups (broad SMARTS) is 1. The molecule has 14 heavy (non-hydrogen) atoms. The van der Waals surface area contributed by atoms with Crippen LogP contribution in [0, 0.1) is 5.82 Å². The van der Waals surface area contributed by atoms with E-state index >= 15 is 0 Å². The minimum atomic E-state index is -1.17. The molecule has 0 aliphatic heterocycles. The van der Waals surface area contributed by atoms with Crippen molar-refractivity contribution in [2.75, 3.05) is 5.32 Å². The van der Waals surface area contributed by atoms with E-state index in [9.17, 15) is 9.18 Å². The third kappa shape index (κ3) is 3.40. The van der Waals surface area contributed by atoms with Gasteiger partial charge in [-0.05, 0) is 24.3 Å². The minimum Gasteiger partial charge on any atom is -0.481 e. The van der Waals surface area contributed by atoms with E-state index in [0.29, 0.717) is 5.69 Å². The SMILES string of the molecule is O=C(O)CC(O)Nc1ccc(F)cc1. The first-order chi connectivity index (χ1) is 6.58. The average molecular weight is 199 g/mol. The Labute approximate surface area is 80.0 Å². The van der Waals surface area contributed by atoms with Gasteiger partial charge in [0.05, 0.1) is 6.42 Å². The molecule has 3 N–H and O–H groups in total. The van der Waals surface area contributed by atoms with E-state index in [1.54, 1.807) is 0 Å². The van der Waals surface area contributed by atoms with E-state index in [2.05, 4.69) is 5.32 Å². The summed E-state index contributed by atoms with van der Waals surface area (Å²) >= 11 is 0. The summed E-state index contributed by atoms with van der Waals surface area (Å²) in [5.74, 6) is -1.49. The Morgan fingerprint density at radius 2 is 2.00 bits per heavy atom. The number of hydrogen-bond donors (Lipinski definition) is 3. The lowest BCUT2D eigenvalue weighted by atomic mass is 10.3. The quantitative estimate of drug-likeness (QED) is 0.633. The molecule has 0 fully saturated rings. The van der Waals surface area contributed by atoms with Crippen molar-refractivity contribution in [3.05, 3.63) is 30.1 Å². The summed E-state index contributed by atoms with van der Waals surface area (Å²) in [7, 11) is 0. The number of carbonyl (C=O) groups is 1. The Hall–Kier alpha value is -1.62. The van der Waals surface area contributed by atoms with Gasteiger partial charge in [-0.25, -0.2) is 4.39 Å². The monoisotopic (exact) mass is 199 g/mol. The molecule has 0 aliphatic carbocycles. The predicted octanol–water partition coefficient (Wildman–Crippen LogP) is 1.03. The Balaban J connectivity index is 2.51. The fourth-order valence-corrected chi connectivity index (χ4v) is 0.955. The van der Waals surface area contributed by atoms with Crippen LogP contribution in [0.4, 0.5) is 10.1 Å². The van der Waals surface area contributed by atoms with E-state index in [-0.39, 0.29) is 5.82 Å². The van der Waals surface area contributed by atoms with Gasteiger partial charge in [0.1, 0.15) is 12.0 Å². The fourth-order valence-electron chi connectivity index (χ4n) is 0.955. The van der Waals surface area contributed by atoms with Crippen molar-refractivity contribution in [1.82, 2.24) is 0 Å². The van der Waals surface area contributed by atoms with Crippen LogP contribution in [0.15, 0.2) is 24.3 Å². The molecule has 1 aromatic carbocycles. The molecule has 0 aliphatic rings. The van der Waals surface area contributed by atoms with Crippen LogP contribution in [0.2, 0.25) is 0 Å². The van der Waals surface area contributed by atoms with Gasteiger partial charge in [0.25, 0.3) is 0 Å². The number of aliphatic hydroxyl groups is 1. The van der Waals surface area contributed by atoms with Crippen molar-refractivity contribution < 1.29 is 19.4 Å². The summed E-state index contributed by atoms with van der Waals surface area (Å²) in [6.45, 7) is 0. The van der Waals surface area contributed by atoms with E-state index in [0.717, 1.165) is 0 Å². The second-order valence-electron chi connectivity index (χ2n) is 2.76. The second-order valence-corrected chi connectivity index (χ2v) is 2.76. The molecule has 76 valence electrons. The molecule has 1 unspecified atom stereocenters. The molecule has 0 spiro atoms. The Bertz CT molecular complexity index is 312. The van der Waals surface area contributed by atoms with Crippen LogP contribution in [-0.2, 0) is 4.79 Å². The topological polar surface area (TPSA) is 69.6 Å². The highest BCUT2D eigenvalue weighted by Crippen LogP contribution is 2.09. The van der Waals surface area contributed by atoms with E-state index < -0.39 is 18.6 Å². The van der Waals surface area contributed by atoms with Gasteiger partial charge in [-0.2, -0.15) is 0 Å². The number of halogens is 1. The maximum Gasteiger partial charge on any atom is 0.307 e. The zero-order valence-corrected chi connectivity index (χ0v) is 7.27. The van der Waals surface area contributed by atoms with Gasteiger partial charge in [-0.1, -0.05) is 0 Å². The van der Waals surface area contributed by atoms with Gasteiger partial charge in [-0.3, -0.25) is 4.79 Å². The number of aliphatic carboxylic acids is 1. The van der Waals surface area contributed by atoms with Crippen molar-refractivity contribution in [3.63, 3.8) is 0 Å². The molecular weight excluding hydrogens is 189 g/mol. The highest BCUT2D eigenvalue weighted by molar-refractivity contribution is 5.67. The summed E-state index contributed by atoms with van der Waals surface area (Å²) in [5, 5.41) is 20.0. The van der Waals surface area contributed by atoms with Crippen LogP contribution >= 0.6 is 0 Å². The molecule has 4 nitrogen and oxygen atoms in total. The van der Waals surface area contributed by atoms with Crippen LogP contribution in [0.3, 0.4) is 0 Å². The Morgan fingerprint density at radius 3 is 2.50 bits per heavy atom. The number of benzene rings is 1. The van der Waals surface area contributed by atoms with Crippen molar-refractivity contribution in [3.8, 4) is 0 Å². The Morgan fingerprint density at radius 1 is 1.43 bits per heavy atom. The first-order valence-electron chi connectivity index (χ1n) is 4.00. The summed E-state index contributed by atoms with van der Waals surface area (Å²) in [5.41, 5.74) is 0.472. The van der Waals surface area contributed by atoms with Gasteiger partial charge >= 0.3 is 5.97 Å². The molecule has 0 heterocycles. The van der Waals surface area contributed by atoms with Crippen molar-refractivity contribution in [2.45, 2.75) is 12.6 Å². The molecule has 0 saturated carbocycles. The first-order valence-corrected chi connectivity index (χ1v) is 4.00. The number of rotatable bonds is 4. The minimum absolute atomic E-state index is 0.386. The van der Waals surface area contributed by atoms with Crippen LogP contribution in [0.25, 0.3) is 0 Å². The fraction of sp³-hybridized carbons (Fsp3) is 0.222. The van der Waals surface area contributed by atoms with Crippen molar-refractivity contribution >= 4 is 11.7 Å². The van der Waals surface area contributed by atoms with Crippen LogP contribution in [0.1, 0.15) is 6.42 Å². The summed E-state index contributed by atoms with van der Waals surface area (Å²) in [6.07, 6.45) is -1.57. The van der Waals surface area contributed by atoms with Crippen molar-refractivity contribution in [2.24, 2.45) is 0 Å². The number of aliphatic hydroxyl groups excluding tert-OH is 1. The lowest BCUT2D eigenvalue weighted by Gasteiger charge is -2.11. The van der Waals surface area contributed by atoms with Crippen molar-refractivity contribution in [1.29, 1.82) is 0 Å². The number of carboxylic acids is 1. The molecular formula is C9H10FNO3. The standard InChI is InChI=1S/C9H10FNO3/c10-6-1-3-7(4-2-6)11-8(12)5-9(13)14/h1-4,8,11-12H,5H2,(H,13,14). The molecule has 1 rings (SSSR count). The first kappa shape index (κ1) is 10.5. The molecule has 0 bridgehead atoms. The third-order valence-electron chi connectivity index (χ3n) is 1.55. The van der Waals surface area contributed by atoms with E-state index in [1.165, 1.54) is 24.3 Å². The van der Waals surface area contributed by atoms with Crippen LogP contribution in [0.5, 0.6) is 0 Å². The predicted molar refractivity (Wildman–Crippen MR) is 48.3 cm³/mol. The van der Waals surface area contributed by atoms with Gasteiger partial charge in [0, 0.05) is 5.69 Å². The van der Waals surface area contributed by atoms with Gasteiger partial charge in [0.15, 0.2) is 0 Å². The highest BCUT2D eigenvalue weighted by atomic mass is 19.1. The summed E-state index contributed by atoms with van der Waals surface area (Å²) < 4.78 is 12.4. The second kappa shape index (κ2) is 4.57. The van der Waals surface area contributed by atoms with Gasteiger partial charge in [-0.15, -0.1) is 0 Å². The lowest BCUT2D eigenvalue weighted by molar-refractivity contribution is -0.138.